The number of hydrogen-bond acceptors (Lipinski definition) is 5. The van der Waals surface area contributed by atoms with Crippen LogP contribution in [0.2, 0.25) is 0 Å². The number of anilines is 1. The molecule has 96 valence electrons. The molecule has 0 unspecified atom stereocenters. The van der Waals surface area contributed by atoms with E-state index in [1.54, 1.807) is 10.8 Å². The lowest BCUT2D eigenvalue weighted by Crippen LogP contribution is -2.08. The molecule has 6 nitrogen and oxygen atoms in total. The summed E-state index contributed by atoms with van der Waals surface area (Å²) in [6, 6.07) is 7.91. The Kier molecular flexibility index (Phi) is 3.06. The maximum Gasteiger partial charge on any atom is 0.200 e. The first kappa shape index (κ1) is 11.6. The molecule has 3 aromatic heterocycles. The van der Waals surface area contributed by atoms with Gasteiger partial charge in [-0.05, 0) is 25.1 Å². The van der Waals surface area contributed by atoms with Gasteiger partial charge in [0.15, 0.2) is 0 Å². The van der Waals surface area contributed by atoms with Crippen LogP contribution in [-0.4, -0.2) is 31.3 Å². The zero-order valence-corrected chi connectivity index (χ0v) is 10.6. The molecule has 0 aliphatic rings. The monoisotopic (exact) mass is 254 g/mol. The van der Waals surface area contributed by atoms with E-state index >= 15 is 0 Å². The van der Waals surface area contributed by atoms with E-state index in [1.807, 2.05) is 37.4 Å². The zero-order chi connectivity index (χ0) is 13.1. The number of nitrogens with zero attached hydrogens (tertiary/aromatic N) is 5. The Morgan fingerprint density at radius 2 is 2.26 bits per heavy atom. The fourth-order valence-corrected chi connectivity index (χ4v) is 1.95. The molecular weight excluding hydrogens is 240 g/mol. The molecule has 0 aliphatic heterocycles. The summed E-state index contributed by atoms with van der Waals surface area (Å²) in [4.78, 5) is 4.29. The highest BCUT2D eigenvalue weighted by atomic mass is 15.3. The van der Waals surface area contributed by atoms with Crippen LogP contribution in [0.4, 0.5) is 5.69 Å². The van der Waals surface area contributed by atoms with Gasteiger partial charge in [0.1, 0.15) is 6.33 Å². The Balaban J connectivity index is 1.73. The standard InChI is InChI=1S/C13H14N6/c1-10-8-12(13-17-16-9-19(13)18-10)15-7-5-11-4-2-3-6-14-11/h2-4,6,8-9,15H,5,7H2,1H3. The van der Waals surface area contributed by atoms with Gasteiger partial charge >= 0.3 is 0 Å². The quantitative estimate of drug-likeness (QED) is 0.763. The Morgan fingerprint density at radius 3 is 3.11 bits per heavy atom. The first-order valence-corrected chi connectivity index (χ1v) is 6.14. The van der Waals surface area contributed by atoms with Crippen molar-refractivity contribution in [1.82, 2.24) is 24.8 Å². The highest BCUT2D eigenvalue weighted by Crippen LogP contribution is 2.14. The van der Waals surface area contributed by atoms with E-state index in [1.165, 1.54) is 0 Å². The van der Waals surface area contributed by atoms with Gasteiger partial charge in [0.05, 0.1) is 11.4 Å². The summed E-state index contributed by atoms with van der Waals surface area (Å²) in [6.07, 6.45) is 4.28. The number of hydrogen-bond donors (Lipinski definition) is 1. The van der Waals surface area contributed by atoms with E-state index in [0.29, 0.717) is 0 Å². The number of pyridine rings is 1. The van der Waals surface area contributed by atoms with Gasteiger partial charge in [-0.15, -0.1) is 10.2 Å². The SMILES string of the molecule is Cc1cc(NCCc2ccccn2)c2nncn2n1. The van der Waals surface area contributed by atoms with Crippen LogP contribution in [0, 0.1) is 6.92 Å². The smallest absolute Gasteiger partial charge is 0.200 e. The molecular formula is C13H14N6. The zero-order valence-electron chi connectivity index (χ0n) is 10.6. The molecule has 0 aromatic carbocycles. The Hall–Kier alpha value is -2.50. The molecule has 0 bridgehead atoms. The molecule has 0 radical (unpaired) electrons. The molecule has 0 aliphatic carbocycles. The van der Waals surface area contributed by atoms with E-state index in [4.69, 9.17) is 0 Å². The molecule has 6 heteroatoms. The van der Waals surface area contributed by atoms with E-state index in [0.717, 1.165) is 35.7 Å². The van der Waals surface area contributed by atoms with Crippen LogP contribution in [0.5, 0.6) is 0 Å². The van der Waals surface area contributed by atoms with Crippen molar-refractivity contribution in [2.75, 3.05) is 11.9 Å². The van der Waals surface area contributed by atoms with Gasteiger partial charge in [0.25, 0.3) is 0 Å². The van der Waals surface area contributed by atoms with Crippen molar-refractivity contribution < 1.29 is 0 Å². The Bertz CT molecular complexity index is 676. The van der Waals surface area contributed by atoms with E-state index < -0.39 is 0 Å². The van der Waals surface area contributed by atoms with Crippen LogP contribution in [0.25, 0.3) is 5.65 Å². The fourth-order valence-electron chi connectivity index (χ4n) is 1.95. The maximum atomic E-state index is 4.30. The van der Waals surface area contributed by atoms with Gasteiger partial charge < -0.3 is 5.32 Å². The summed E-state index contributed by atoms with van der Waals surface area (Å²) < 4.78 is 1.68. The van der Waals surface area contributed by atoms with E-state index in [9.17, 15) is 0 Å². The van der Waals surface area contributed by atoms with Crippen LogP contribution >= 0.6 is 0 Å². The van der Waals surface area contributed by atoms with Crippen molar-refractivity contribution in [2.24, 2.45) is 0 Å². The van der Waals surface area contributed by atoms with Crippen molar-refractivity contribution in [3.63, 3.8) is 0 Å². The average Bonchev–Trinajstić information content (AvgIpc) is 2.88. The lowest BCUT2D eigenvalue weighted by molar-refractivity contribution is 0.889. The van der Waals surface area contributed by atoms with Gasteiger partial charge in [0.2, 0.25) is 5.65 Å². The topological polar surface area (TPSA) is 68.0 Å². The number of fused-ring (bicyclic) bond motifs is 1. The molecule has 1 N–H and O–H groups in total. The molecule has 0 saturated heterocycles. The van der Waals surface area contributed by atoms with Crippen molar-refractivity contribution in [3.8, 4) is 0 Å². The average molecular weight is 254 g/mol. The summed E-state index contributed by atoms with van der Waals surface area (Å²) in [6.45, 7) is 2.74. The molecule has 0 saturated carbocycles. The molecule has 0 spiro atoms. The number of aryl methyl sites for hydroxylation is 1. The molecule has 0 fully saturated rings. The maximum absolute atomic E-state index is 4.30. The second kappa shape index (κ2) is 5.01. The number of rotatable bonds is 4. The van der Waals surface area contributed by atoms with Crippen molar-refractivity contribution in [1.29, 1.82) is 0 Å². The molecule has 3 heterocycles. The molecule has 3 aromatic rings. The van der Waals surface area contributed by atoms with E-state index in [-0.39, 0.29) is 0 Å². The van der Waals surface area contributed by atoms with Gasteiger partial charge in [0, 0.05) is 24.9 Å². The van der Waals surface area contributed by atoms with Gasteiger partial charge in [-0.2, -0.15) is 9.61 Å². The van der Waals surface area contributed by atoms with Gasteiger partial charge in [-0.25, -0.2) is 0 Å². The molecule has 3 rings (SSSR count). The minimum Gasteiger partial charge on any atom is -0.381 e. The van der Waals surface area contributed by atoms with Gasteiger partial charge in [-0.1, -0.05) is 6.07 Å². The summed E-state index contributed by atoms with van der Waals surface area (Å²) in [5.41, 5.74) is 3.68. The lowest BCUT2D eigenvalue weighted by atomic mass is 10.2. The van der Waals surface area contributed by atoms with Crippen molar-refractivity contribution in [3.05, 3.63) is 48.2 Å². The summed E-state index contributed by atoms with van der Waals surface area (Å²) in [7, 11) is 0. The molecule has 0 amide bonds. The van der Waals surface area contributed by atoms with Crippen molar-refractivity contribution in [2.45, 2.75) is 13.3 Å². The largest absolute Gasteiger partial charge is 0.381 e. The highest BCUT2D eigenvalue weighted by molar-refractivity contribution is 5.66. The molecule has 0 atom stereocenters. The third kappa shape index (κ3) is 2.52. The second-order valence-corrected chi connectivity index (χ2v) is 4.30. The van der Waals surface area contributed by atoms with Crippen LogP contribution < -0.4 is 5.32 Å². The normalized spacial score (nSPS) is 10.8. The number of nitrogens with one attached hydrogen (secondary N) is 1. The second-order valence-electron chi connectivity index (χ2n) is 4.30. The third-order valence-corrected chi connectivity index (χ3v) is 2.81. The Morgan fingerprint density at radius 1 is 1.32 bits per heavy atom. The summed E-state index contributed by atoms with van der Waals surface area (Å²) in [5, 5.41) is 15.6. The van der Waals surface area contributed by atoms with Crippen LogP contribution in [-0.2, 0) is 6.42 Å². The summed E-state index contributed by atoms with van der Waals surface area (Å²) >= 11 is 0. The minimum atomic E-state index is 0.742. The fraction of sp³-hybridized carbons (Fsp3) is 0.231. The summed E-state index contributed by atoms with van der Waals surface area (Å²) in [5.74, 6) is 0. The van der Waals surface area contributed by atoms with Crippen LogP contribution in [0.1, 0.15) is 11.4 Å². The Labute approximate surface area is 110 Å². The van der Waals surface area contributed by atoms with Gasteiger partial charge in [-0.3, -0.25) is 4.98 Å². The van der Waals surface area contributed by atoms with Crippen LogP contribution in [0.15, 0.2) is 36.8 Å². The number of aromatic nitrogens is 5. The molecule has 19 heavy (non-hydrogen) atoms. The minimum absolute atomic E-state index is 0.742. The van der Waals surface area contributed by atoms with Crippen molar-refractivity contribution >= 4 is 11.3 Å². The lowest BCUT2D eigenvalue weighted by Gasteiger charge is -2.07. The predicted molar refractivity (Wildman–Crippen MR) is 71.9 cm³/mol. The highest BCUT2D eigenvalue weighted by Gasteiger charge is 2.05. The third-order valence-electron chi connectivity index (χ3n) is 2.81. The predicted octanol–water partition coefficient (Wildman–Crippen LogP) is 1.48. The van der Waals surface area contributed by atoms with Crippen LogP contribution in [0.3, 0.4) is 0 Å². The van der Waals surface area contributed by atoms with E-state index in [2.05, 4.69) is 25.6 Å². The first-order chi connectivity index (χ1) is 9.33. The first-order valence-electron chi connectivity index (χ1n) is 6.14.